The van der Waals surface area contributed by atoms with Crippen molar-refractivity contribution >= 4 is 5.91 Å². The van der Waals surface area contributed by atoms with Crippen molar-refractivity contribution < 1.29 is 14.6 Å². The van der Waals surface area contributed by atoms with E-state index in [0.29, 0.717) is 19.4 Å². The second kappa shape index (κ2) is 12.4. The first-order valence-corrected chi connectivity index (χ1v) is 13.3. The second-order valence-electron chi connectivity index (χ2n) is 9.86. The van der Waals surface area contributed by atoms with Crippen LogP contribution in [-0.2, 0) is 24.2 Å². The van der Waals surface area contributed by atoms with Crippen LogP contribution >= 0.6 is 0 Å². The molecule has 1 saturated heterocycles. The molecule has 38 heavy (non-hydrogen) atoms. The summed E-state index contributed by atoms with van der Waals surface area (Å²) in [6.07, 6.45) is 1.81. The molecule has 0 aliphatic carbocycles. The lowest BCUT2D eigenvalue weighted by atomic mass is 10.00. The van der Waals surface area contributed by atoms with Crippen molar-refractivity contribution in [3.8, 4) is 17.2 Å². The third kappa shape index (κ3) is 6.81. The number of piperazine rings is 1. The Hall–Kier alpha value is -4.09. The van der Waals surface area contributed by atoms with Crippen molar-refractivity contribution in [2.24, 2.45) is 0 Å². The van der Waals surface area contributed by atoms with Crippen molar-refractivity contribution in [1.29, 1.82) is 0 Å². The Balaban J connectivity index is 1.27. The van der Waals surface area contributed by atoms with E-state index in [1.165, 1.54) is 5.56 Å². The highest BCUT2D eigenvalue weighted by Crippen LogP contribution is 2.27. The van der Waals surface area contributed by atoms with Gasteiger partial charge in [-0.3, -0.25) is 9.69 Å². The van der Waals surface area contributed by atoms with Crippen LogP contribution in [0.15, 0.2) is 109 Å². The van der Waals surface area contributed by atoms with Gasteiger partial charge in [0.1, 0.15) is 17.2 Å². The van der Waals surface area contributed by atoms with E-state index in [2.05, 4.69) is 34.1 Å². The molecule has 1 aliphatic rings. The molecule has 0 saturated carbocycles. The Labute approximate surface area is 224 Å². The number of para-hydroxylation sites is 2. The zero-order valence-electron chi connectivity index (χ0n) is 21.6. The Morgan fingerprint density at radius 3 is 2.24 bits per heavy atom. The minimum absolute atomic E-state index is 0.0697. The monoisotopic (exact) mass is 506 g/mol. The van der Waals surface area contributed by atoms with Crippen LogP contribution in [0.1, 0.15) is 23.1 Å². The molecule has 5 nitrogen and oxygen atoms in total. The van der Waals surface area contributed by atoms with E-state index in [9.17, 15) is 9.90 Å². The van der Waals surface area contributed by atoms with E-state index >= 15 is 0 Å². The maximum atomic E-state index is 13.6. The van der Waals surface area contributed by atoms with E-state index in [1.54, 1.807) is 12.1 Å². The maximum Gasteiger partial charge on any atom is 0.223 e. The number of nitrogens with zero attached hydrogens (tertiary/aromatic N) is 2. The van der Waals surface area contributed by atoms with Gasteiger partial charge in [0.05, 0.1) is 0 Å². The number of hydrogen-bond acceptors (Lipinski definition) is 4. The molecular weight excluding hydrogens is 472 g/mol. The van der Waals surface area contributed by atoms with Crippen LogP contribution in [0.2, 0.25) is 0 Å². The fourth-order valence-electron chi connectivity index (χ4n) is 5.12. The first-order chi connectivity index (χ1) is 18.6. The molecule has 1 atom stereocenters. The van der Waals surface area contributed by atoms with Gasteiger partial charge in [0.2, 0.25) is 5.91 Å². The van der Waals surface area contributed by atoms with Gasteiger partial charge >= 0.3 is 0 Å². The lowest BCUT2D eigenvalue weighted by Gasteiger charge is -2.42. The Bertz CT molecular complexity index is 1310. The fraction of sp³-hybridized carbons (Fsp3) is 0.242. The summed E-state index contributed by atoms with van der Waals surface area (Å²) in [6.45, 7) is 3.24. The molecular formula is C33H34N2O3. The van der Waals surface area contributed by atoms with Gasteiger partial charge in [0.25, 0.3) is 0 Å². The van der Waals surface area contributed by atoms with E-state index < -0.39 is 0 Å². The first-order valence-electron chi connectivity index (χ1n) is 13.3. The van der Waals surface area contributed by atoms with Crippen LogP contribution in [0.4, 0.5) is 0 Å². The lowest BCUT2D eigenvalue weighted by Crippen LogP contribution is -2.55. The maximum absolute atomic E-state index is 13.6. The molecule has 1 aliphatic heterocycles. The number of rotatable bonds is 9. The molecule has 4 aromatic carbocycles. The van der Waals surface area contributed by atoms with Crippen LogP contribution in [0.3, 0.4) is 0 Å². The standard InChI is InChI=1S/C33H34N2O3/c36-30-18-15-26(16-19-30)23-29-25-34(24-27-9-3-1-4-10-27)21-22-35(29)33(37)20-17-28-11-7-8-14-32(28)38-31-12-5-2-6-13-31/h1-16,18-19,29,36H,17,20-25H2/t29-/m1/s1. The quantitative estimate of drug-likeness (QED) is 0.299. The van der Waals surface area contributed by atoms with Crippen LogP contribution in [0.25, 0.3) is 0 Å². The van der Waals surface area contributed by atoms with E-state index in [0.717, 1.165) is 48.7 Å². The van der Waals surface area contributed by atoms with E-state index in [4.69, 9.17) is 4.74 Å². The molecule has 4 aromatic rings. The zero-order valence-corrected chi connectivity index (χ0v) is 21.6. The molecule has 1 fully saturated rings. The van der Waals surface area contributed by atoms with Gasteiger partial charge in [-0.2, -0.15) is 0 Å². The number of phenols is 1. The fourth-order valence-corrected chi connectivity index (χ4v) is 5.12. The van der Waals surface area contributed by atoms with Crippen LogP contribution in [0, 0.1) is 0 Å². The highest BCUT2D eigenvalue weighted by atomic mass is 16.5. The van der Waals surface area contributed by atoms with Crippen LogP contribution < -0.4 is 4.74 Å². The molecule has 0 unspecified atom stereocenters. The average Bonchev–Trinajstić information content (AvgIpc) is 2.95. The molecule has 194 valence electrons. The minimum Gasteiger partial charge on any atom is -0.508 e. The molecule has 0 spiro atoms. The number of ether oxygens (including phenoxy) is 1. The van der Waals surface area contributed by atoms with Gasteiger partial charge in [-0.25, -0.2) is 0 Å². The molecule has 5 rings (SSSR count). The predicted molar refractivity (Wildman–Crippen MR) is 150 cm³/mol. The Kier molecular flexibility index (Phi) is 8.36. The van der Waals surface area contributed by atoms with Gasteiger partial charge in [0, 0.05) is 38.6 Å². The highest BCUT2D eigenvalue weighted by molar-refractivity contribution is 5.77. The van der Waals surface area contributed by atoms with Crippen molar-refractivity contribution in [1.82, 2.24) is 9.80 Å². The lowest BCUT2D eigenvalue weighted by molar-refractivity contribution is -0.136. The number of aryl methyl sites for hydroxylation is 1. The van der Waals surface area contributed by atoms with Gasteiger partial charge in [-0.05, 0) is 59.9 Å². The number of phenolic OH excluding ortho intramolecular Hbond substituents is 1. The molecule has 1 amide bonds. The molecule has 0 radical (unpaired) electrons. The third-order valence-electron chi connectivity index (χ3n) is 7.10. The van der Waals surface area contributed by atoms with Crippen LogP contribution in [-0.4, -0.2) is 46.5 Å². The molecule has 5 heteroatoms. The Morgan fingerprint density at radius 2 is 1.47 bits per heavy atom. The normalized spacial score (nSPS) is 15.8. The summed E-state index contributed by atoms with van der Waals surface area (Å²) in [5, 5.41) is 9.72. The molecule has 1 N–H and O–H groups in total. The van der Waals surface area contributed by atoms with Crippen molar-refractivity contribution in [3.05, 3.63) is 126 Å². The number of aromatic hydroxyl groups is 1. The SMILES string of the molecule is O=C(CCc1ccccc1Oc1ccccc1)N1CCN(Cc2ccccc2)C[C@H]1Cc1ccc(O)cc1. The van der Waals surface area contributed by atoms with E-state index in [-0.39, 0.29) is 17.7 Å². The Morgan fingerprint density at radius 1 is 0.789 bits per heavy atom. The number of amides is 1. The number of hydrogen-bond donors (Lipinski definition) is 1. The summed E-state index contributed by atoms with van der Waals surface area (Å²) in [4.78, 5) is 18.1. The predicted octanol–water partition coefficient (Wildman–Crippen LogP) is 6.07. The smallest absolute Gasteiger partial charge is 0.223 e. The molecule has 1 heterocycles. The van der Waals surface area contributed by atoms with Gasteiger partial charge in [-0.1, -0.05) is 78.9 Å². The molecule has 0 aromatic heterocycles. The first kappa shape index (κ1) is 25.6. The second-order valence-corrected chi connectivity index (χ2v) is 9.86. The summed E-state index contributed by atoms with van der Waals surface area (Å²) >= 11 is 0. The largest absolute Gasteiger partial charge is 0.508 e. The number of carbonyl (C=O) groups is 1. The topological polar surface area (TPSA) is 53.0 Å². The number of benzene rings is 4. The van der Waals surface area contributed by atoms with Crippen molar-refractivity contribution in [2.75, 3.05) is 19.6 Å². The summed E-state index contributed by atoms with van der Waals surface area (Å²) in [7, 11) is 0. The average molecular weight is 507 g/mol. The molecule has 0 bridgehead atoms. The zero-order chi connectivity index (χ0) is 26.2. The summed E-state index contributed by atoms with van der Waals surface area (Å²) in [5.41, 5.74) is 3.43. The van der Waals surface area contributed by atoms with E-state index in [1.807, 2.05) is 72.8 Å². The van der Waals surface area contributed by atoms with Crippen molar-refractivity contribution in [2.45, 2.75) is 31.8 Å². The minimum atomic E-state index is 0.0697. The summed E-state index contributed by atoms with van der Waals surface area (Å²) < 4.78 is 6.12. The van der Waals surface area contributed by atoms with Crippen molar-refractivity contribution in [3.63, 3.8) is 0 Å². The van der Waals surface area contributed by atoms with Crippen LogP contribution in [0.5, 0.6) is 17.2 Å². The van der Waals surface area contributed by atoms with Gasteiger partial charge < -0.3 is 14.7 Å². The third-order valence-corrected chi connectivity index (χ3v) is 7.10. The van der Waals surface area contributed by atoms with Gasteiger partial charge in [0.15, 0.2) is 0 Å². The highest BCUT2D eigenvalue weighted by Gasteiger charge is 2.30. The summed E-state index contributed by atoms with van der Waals surface area (Å²) in [6, 6.07) is 35.6. The van der Waals surface area contributed by atoms with Gasteiger partial charge in [-0.15, -0.1) is 0 Å². The number of carbonyl (C=O) groups excluding carboxylic acids is 1. The summed E-state index contributed by atoms with van der Waals surface area (Å²) in [5.74, 6) is 2.00.